The van der Waals surface area contributed by atoms with Crippen molar-refractivity contribution in [2.75, 3.05) is 0 Å². The largest absolute Gasteiger partial charge is 0.369 e. The van der Waals surface area contributed by atoms with E-state index in [0.717, 1.165) is 43.6 Å². The Morgan fingerprint density at radius 3 is 2.58 bits per heavy atom. The third-order valence-corrected chi connectivity index (χ3v) is 4.30. The van der Waals surface area contributed by atoms with Gasteiger partial charge in [0.05, 0.1) is 5.69 Å². The van der Waals surface area contributed by atoms with Crippen molar-refractivity contribution < 1.29 is 4.79 Å². The van der Waals surface area contributed by atoms with Gasteiger partial charge in [0, 0.05) is 12.3 Å². The molecule has 0 aliphatic rings. The number of unbranched alkanes of at least 4 members (excludes halogenated alkanes) is 3. The normalized spacial score (nSPS) is 12.2. The van der Waals surface area contributed by atoms with E-state index < -0.39 is 0 Å². The predicted octanol–water partition coefficient (Wildman–Crippen LogP) is 3.06. The second-order valence-corrected chi connectivity index (χ2v) is 6.18. The molecule has 0 aliphatic carbocycles. The lowest BCUT2D eigenvalue weighted by Crippen LogP contribution is -2.23. The standard InChI is InChI=1S/C18H27N5O/c1-2-3-4-6-10-15(18(19)24)11-9-14-17-20-21-22-23(17)16-12-7-5-8-13-16/h5,7-8,12-13,15H,2-4,6,9-11,14H2,1H3,(H2,19,24). The first-order chi connectivity index (χ1) is 11.7. The van der Waals surface area contributed by atoms with E-state index in [4.69, 9.17) is 5.73 Å². The Labute approximate surface area is 143 Å². The summed E-state index contributed by atoms with van der Waals surface area (Å²) in [5.41, 5.74) is 6.50. The molecule has 1 amide bonds. The maximum absolute atomic E-state index is 11.6. The minimum atomic E-state index is -0.186. The number of rotatable bonds is 11. The molecule has 0 saturated heterocycles. The average molecular weight is 329 g/mol. The molecule has 1 heterocycles. The summed E-state index contributed by atoms with van der Waals surface area (Å²) in [4.78, 5) is 11.6. The minimum absolute atomic E-state index is 0.0390. The highest BCUT2D eigenvalue weighted by Gasteiger charge is 2.16. The van der Waals surface area contributed by atoms with E-state index in [1.165, 1.54) is 19.3 Å². The van der Waals surface area contributed by atoms with Crippen LogP contribution in [0.4, 0.5) is 0 Å². The predicted molar refractivity (Wildman–Crippen MR) is 93.5 cm³/mol. The number of aromatic nitrogens is 4. The Morgan fingerprint density at radius 2 is 1.88 bits per heavy atom. The lowest BCUT2D eigenvalue weighted by Gasteiger charge is -2.13. The summed E-state index contributed by atoms with van der Waals surface area (Å²) in [7, 11) is 0. The molecular formula is C18H27N5O. The molecular weight excluding hydrogens is 302 g/mol. The molecule has 6 heteroatoms. The second-order valence-electron chi connectivity index (χ2n) is 6.18. The summed E-state index contributed by atoms with van der Waals surface area (Å²) in [5, 5.41) is 11.9. The molecule has 0 fully saturated rings. The fourth-order valence-corrected chi connectivity index (χ4v) is 2.88. The fraction of sp³-hybridized carbons (Fsp3) is 0.556. The molecule has 0 radical (unpaired) electrons. The van der Waals surface area contributed by atoms with Crippen molar-refractivity contribution in [2.45, 2.75) is 58.3 Å². The summed E-state index contributed by atoms with van der Waals surface area (Å²) in [6, 6.07) is 9.82. The molecule has 0 aliphatic heterocycles. The molecule has 1 atom stereocenters. The second kappa shape index (κ2) is 9.80. The SMILES string of the molecule is CCCCCCC(CCCc1nnnn1-c1ccccc1)C(N)=O. The smallest absolute Gasteiger partial charge is 0.220 e. The zero-order valence-electron chi connectivity index (χ0n) is 14.4. The van der Waals surface area contributed by atoms with Crippen LogP contribution in [0.3, 0.4) is 0 Å². The number of amides is 1. The van der Waals surface area contributed by atoms with E-state index in [0.29, 0.717) is 0 Å². The number of hydrogen-bond acceptors (Lipinski definition) is 4. The number of primary amides is 1. The molecule has 0 bridgehead atoms. The molecule has 6 nitrogen and oxygen atoms in total. The first-order valence-corrected chi connectivity index (χ1v) is 8.84. The van der Waals surface area contributed by atoms with Crippen LogP contribution < -0.4 is 5.73 Å². The van der Waals surface area contributed by atoms with Crippen molar-refractivity contribution in [3.05, 3.63) is 36.2 Å². The average Bonchev–Trinajstić information content (AvgIpc) is 3.06. The summed E-state index contributed by atoms with van der Waals surface area (Å²) in [6.45, 7) is 2.18. The summed E-state index contributed by atoms with van der Waals surface area (Å²) >= 11 is 0. The highest BCUT2D eigenvalue weighted by Crippen LogP contribution is 2.18. The van der Waals surface area contributed by atoms with E-state index in [1.54, 1.807) is 4.68 Å². The van der Waals surface area contributed by atoms with Crippen LogP contribution in [0.5, 0.6) is 0 Å². The maximum atomic E-state index is 11.6. The van der Waals surface area contributed by atoms with Crippen LogP contribution in [0.2, 0.25) is 0 Å². The van der Waals surface area contributed by atoms with Gasteiger partial charge >= 0.3 is 0 Å². The number of nitrogens with two attached hydrogens (primary N) is 1. The molecule has 2 N–H and O–H groups in total. The number of carbonyl (C=O) groups excluding carboxylic acids is 1. The molecule has 2 aromatic rings. The molecule has 130 valence electrons. The van der Waals surface area contributed by atoms with Crippen LogP contribution in [0.1, 0.15) is 57.7 Å². The number of hydrogen-bond donors (Lipinski definition) is 1. The first kappa shape index (κ1) is 18.1. The van der Waals surface area contributed by atoms with Crippen LogP contribution in [0.25, 0.3) is 5.69 Å². The maximum Gasteiger partial charge on any atom is 0.220 e. The van der Waals surface area contributed by atoms with Crippen LogP contribution in [-0.2, 0) is 11.2 Å². The van der Waals surface area contributed by atoms with E-state index in [2.05, 4.69) is 22.4 Å². The molecule has 1 unspecified atom stereocenters. The summed E-state index contributed by atoms with van der Waals surface area (Å²) in [5.74, 6) is 0.590. The molecule has 2 rings (SSSR count). The van der Waals surface area contributed by atoms with Crippen LogP contribution in [0, 0.1) is 5.92 Å². The Balaban J connectivity index is 1.84. The lowest BCUT2D eigenvalue weighted by atomic mass is 9.94. The van der Waals surface area contributed by atoms with E-state index in [-0.39, 0.29) is 11.8 Å². The van der Waals surface area contributed by atoms with E-state index >= 15 is 0 Å². The molecule has 24 heavy (non-hydrogen) atoms. The van der Waals surface area contributed by atoms with Crippen molar-refractivity contribution >= 4 is 5.91 Å². The first-order valence-electron chi connectivity index (χ1n) is 8.84. The molecule has 0 spiro atoms. The number of tetrazole rings is 1. The van der Waals surface area contributed by atoms with Gasteiger partial charge in [0.1, 0.15) is 0 Å². The number of nitrogens with zero attached hydrogens (tertiary/aromatic N) is 4. The summed E-state index contributed by atoms with van der Waals surface area (Å²) in [6.07, 6.45) is 7.94. The van der Waals surface area contributed by atoms with Gasteiger partial charge in [-0.3, -0.25) is 4.79 Å². The third-order valence-electron chi connectivity index (χ3n) is 4.30. The Bertz CT molecular complexity index is 611. The van der Waals surface area contributed by atoms with E-state index in [9.17, 15) is 4.79 Å². The van der Waals surface area contributed by atoms with Crippen molar-refractivity contribution in [3.63, 3.8) is 0 Å². The van der Waals surface area contributed by atoms with Gasteiger partial charge in [-0.1, -0.05) is 50.8 Å². The van der Waals surface area contributed by atoms with Gasteiger partial charge in [-0.2, -0.15) is 4.68 Å². The van der Waals surface area contributed by atoms with Gasteiger partial charge in [0.2, 0.25) is 5.91 Å². The molecule has 1 aromatic heterocycles. The fourth-order valence-electron chi connectivity index (χ4n) is 2.88. The Hall–Kier alpha value is -2.24. The van der Waals surface area contributed by atoms with Crippen molar-refractivity contribution in [1.82, 2.24) is 20.2 Å². The lowest BCUT2D eigenvalue weighted by molar-refractivity contribution is -0.122. The zero-order chi connectivity index (χ0) is 17.2. The third kappa shape index (κ3) is 5.44. The number of carbonyl (C=O) groups is 1. The van der Waals surface area contributed by atoms with Gasteiger partial charge < -0.3 is 5.73 Å². The van der Waals surface area contributed by atoms with Crippen molar-refractivity contribution in [1.29, 1.82) is 0 Å². The van der Waals surface area contributed by atoms with Gasteiger partial charge in [-0.15, -0.1) is 5.10 Å². The van der Waals surface area contributed by atoms with Crippen LogP contribution >= 0.6 is 0 Å². The van der Waals surface area contributed by atoms with Gasteiger partial charge in [0.15, 0.2) is 5.82 Å². The number of para-hydroxylation sites is 1. The topological polar surface area (TPSA) is 86.7 Å². The number of benzene rings is 1. The molecule has 0 saturated carbocycles. The van der Waals surface area contributed by atoms with Gasteiger partial charge in [0.25, 0.3) is 0 Å². The van der Waals surface area contributed by atoms with Crippen molar-refractivity contribution in [2.24, 2.45) is 11.7 Å². The zero-order valence-corrected chi connectivity index (χ0v) is 14.4. The molecule has 1 aromatic carbocycles. The van der Waals surface area contributed by atoms with E-state index in [1.807, 2.05) is 30.3 Å². The Morgan fingerprint density at radius 1 is 1.12 bits per heavy atom. The van der Waals surface area contributed by atoms with Crippen molar-refractivity contribution in [3.8, 4) is 5.69 Å². The minimum Gasteiger partial charge on any atom is -0.369 e. The van der Waals surface area contributed by atoms with Gasteiger partial charge in [-0.25, -0.2) is 0 Å². The van der Waals surface area contributed by atoms with Gasteiger partial charge in [-0.05, 0) is 41.8 Å². The van der Waals surface area contributed by atoms with Crippen LogP contribution in [0.15, 0.2) is 30.3 Å². The highest BCUT2D eigenvalue weighted by molar-refractivity contribution is 5.76. The monoisotopic (exact) mass is 329 g/mol. The quantitative estimate of drug-likeness (QED) is 0.642. The highest BCUT2D eigenvalue weighted by atomic mass is 16.1. The summed E-state index contributed by atoms with van der Waals surface area (Å²) < 4.78 is 1.75. The Kier molecular flexibility index (Phi) is 7.39. The van der Waals surface area contributed by atoms with Crippen LogP contribution in [-0.4, -0.2) is 26.1 Å². The number of aryl methyl sites for hydroxylation is 1.